The van der Waals surface area contributed by atoms with Crippen LogP contribution in [0.3, 0.4) is 0 Å². The van der Waals surface area contributed by atoms with Crippen LogP contribution >= 0.6 is 0 Å². The summed E-state index contributed by atoms with van der Waals surface area (Å²) >= 11 is 0. The summed E-state index contributed by atoms with van der Waals surface area (Å²) in [5.74, 6) is 1.38. The lowest BCUT2D eigenvalue weighted by atomic mass is 10.0. The van der Waals surface area contributed by atoms with Gasteiger partial charge in [0.2, 0.25) is 0 Å². The Hall–Kier alpha value is -3.75. The largest absolute Gasteiger partial charge is 0.493 e. The number of piperazine rings is 1. The summed E-state index contributed by atoms with van der Waals surface area (Å²) in [6.45, 7) is 4.91. The first kappa shape index (κ1) is 19.2. The summed E-state index contributed by atoms with van der Waals surface area (Å²) in [4.78, 5) is 26.2. The second-order valence-corrected chi connectivity index (χ2v) is 7.45. The molecule has 0 unspecified atom stereocenters. The maximum Gasteiger partial charge on any atom is 0.258 e. The number of hydrogen-bond acceptors (Lipinski definition) is 7. The van der Waals surface area contributed by atoms with Gasteiger partial charge >= 0.3 is 0 Å². The van der Waals surface area contributed by atoms with Crippen molar-refractivity contribution in [1.82, 2.24) is 29.9 Å². The Balaban J connectivity index is 1.41. The topological polar surface area (TPSA) is 89.3 Å². The van der Waals surface area contributed by atoms with Crippen molar-refractivity contribution >= 4 is 33.7 Å². The molecular weight excluding hydrogens is 394 g/mol. The third kappa shape index (κ3) is 3.31. The number of aromatic nitrogens is 5. The molecule has 31 heavy (non-hydrogen) atoms. The number of benzene rings is 2. The Kier molecular flexibility index (Phi) is 4.85. The Morgan fingerprint density at radius 2 is 1.87 bits per heavy atom. The van der Waals surface area contributed by atoms with Gasteiger partial charge in [0.1, 0.15) is 12.1 Å². The first-order chi connectivity index (χ1) is 15.2. The molecule has 1 fully saturated rings. The monoisotopic (exact) mass is 417 g/mol. The highest BCUT2D eigenvalue weighted by atomic mass is 16.5. The SMILES string of the molecule is CCOc1ccc2ccccc2c1C(=O)N1CCN(c2ncnc3c2nnn3C)CC1. The van der Waals surface area contributed by atoms with E-state index in [1.807, 2.05) is 55.3 Å². The number of aryl methyl sites for hydroxylation is 1. The fraction of sp³-hybridized carbons (Fsp3) is 0.318. The van der Waals surface area contributed by atoms with Gasteiger partial charge in [0, 0.05) is 33.2 Å². The highest BCUT2D eigenvalue weighted by molar-refractivity contribution is 6.09. The molecule has 1 amide bonds. The van der Waals surface area contributed by atoms with Gasteiger partial charge in [-0.15, -0.1) is 5.10 Å². The van der Waals surface area contributed by atoms with E-state index in [2.05, 4.69) is 25.2 Å². The van der Waals surface area contributed by atoms with Gasteiger partial charge in [0.05, 0.1) is 12.2 Å². The van der Waals surface area contributed by atoms with E-state index in [0.29, 0.717) is 55.3 Å². The van der Waals surface area contributed by atoms with Crippen LogP contribution in [-0.2, 0) is 7.05 Å². The Morgan fingerprint density at radius 3 is 2.68 bits per heavy atom. The van der Waals surface area contributed by atoms with E-state index < -0.39 is 0 Å². The highest BCUT2D eigenvalue weighted by Gasteiger charge is 2.27. The first-order valence-electron chi connectivity index (χ1n) is 10.4. The number of rotatable bonds is 4. The summed E-state index contributed by atoms with van der Waals surface area (Å²) in [6, 6.07) is 11.8. The van der Waals surface area contributed by atoms with Crippen LogP contribution in [0.15, 0.2) is 42.7 Å². The van der Waals surface area contributed by atoms with Crippen molar-refractivity contribution < 1.29 is 9.53 Å². The third-order valence-corrected chi connectivity index (χ3v) is 5.64. The zero-order valence-electron chi connectivity index (χ0n) is 17.5. The van der Waals surface area contributed by atoms with Crippen molar-refractivity contribution in [3.05, 3.63) is 48.3 Å². The average molecular weight is 417 g/mol. The van der Waals surface area contributed by atoms with E-state index in [1.165, 1.54) is 6.33 Å². The number of fused-ring (bicyclic) bond motifs is 2. The average Bonchev–Trinajstić information content (AvgIpc) is 3.20. The Morgan fingerprint density at radius 1 is 1.06 bits per heavy atom. The van der Waals surface area contributed by atoms with Gasteiger partial charge in [-0.25, -0.2) is 14.6 Å². The smallest absolute Gasteiger partial charge is 0.258 e. The molecule has 1 aliphatic heterocycles. The molecule has 3 heterocycles. The molecule has 9 nitrogen and oxygen atoms in total. The lowest BCUT2D eigenvalue weighted by molar-refractivity contribution is 0.0744. The second-order valence-electron chi connectivity index (χ2n) is 7.45. The van der Waals surface area contributed by atoms with Crippen molar-refractivity contribution in [2.75, 3.05) is 37.7 Å². The van der Waals surface area contributed by atoms with Crippen molar-refractivity contribution in [2.45, 2.75) is 6.92 Å². The molecule has 9 heteroatoms. The number of carbonyl (C=O) groups excluding carboxylic acids is 1. The van der Waals surface area contributed by atoms with E-state index in [0.717, 1.165) is 16.6 Å². The van der Waals surface area contributed by atoms with E-state index in [4.69, 9.17) is 4.74 Å². The van der Waals surface area contributed by atoms with Crippen molar-refractivity contribution in [3.63, 3.8) is 0 Å². The van der Waals surface area contributed by atoms with Gasteiger partial charge in [0.15, 0.2) is 17.0 Å². The van der Waals surface area contributed by atoms with Crippen LogP contribution in [0.2, 0.25) is 0 Å². The van der Waals surface area contributed by atoms with Crippen LogP contribution in [-0.4, -0.2) is 68.6 Å². The van der Waals surface area contributed by atoms with Gasteiger partial charge in [-0.05, 0) is 23.8 Å². The van der Waals surface area contributed by atoms with Crippen molar-refractivity contribution in [3.8, 4) is 5.75 Å². The summed E-state index contributed by atoms with van der Waals surface area (Å²) in [5, 5.41) is 10.2. The molecule has 1 aliphatic rings. The predicted octanol–water partition coefficient (Wildman–Crippen LogP) is 2.27. The normalized spacial score (nSPS) is 14.4. The van der Waals surface area contributed by atoms with Gasteiger partial charge in [-0.1, -0.05) is 35.5 Å². The van der Waals surface area contributed by atoms with Gasteiger partial charge in [0.25, 0.3) is 5.91 Å². The Bertz CT molecular complexity index is 1260. The molecule has 5 rings (SSSR count). The molecular formula is C22H23N7O2. The zero-order chi connectivity index (χ0) is 21.4. The Labute approximate surface area is 179 Å². The molecule has 0 bridgehead atoms. The number of hydrogen-bond donors (Lipinski definition) is 0. The lowest BCUT2D eigenvalue weighted by Gasteiger charge is -2.35. The van der Waals surface area contributed by atoms with Gasteiger partial charge in [-0.2, -0.15) is 0 Å². The summed E-state index contributed by atoms with van der Waals surface area (Å²) in [6.07, 6.45) is 1.53. The minimum Gasteiger partial charge on any atom is -0.493 e. The molecule has 2 aromatic carbocycles. The molecule has 1 saturated heterocycles. The minimum absolute atomic E-state index is 0.00719. The van der Waals surface area contributed by atoms with E-state index in [-0.39, 0.29) is 5.91 Å². The number of carbonyl (C=O) groups is 1. The first-order valence-corrected chi connectivity index (χ1v) is 10.4. The molecule has 0 atom stereocenters. The van der Waals surface area contributed by atoms with Crippen molar-refractivity contribution in [2.24, 2.45) is 7.05 Å². The molecule has 0 radical (unpaired) electrons. The summed E-state index contributed by atoms with van der Waals surface area (Å²) < 4.78 is 7.44. The third-order valence-electron chi connectivity index (χ3n) is 5.64. The van der Waals surface area contributed by atoms with E-state index in [1.54, 1.807) is 4.68 Å². The highest BCUT2D eigenvalue weighted by Crippen LogP contribution is 2.30. The van der Waals surface area contributed by atoms with Crippen LogP contribution in [0.5, 0.6) is 5.75 Å². The van der Waals surface area contributed by atoms with Gasteiger partial charge in [-0.3, -0.25) is 4.79 Å². The number of nitrogens with zero attached hydrogens (tertiary/aromatic N) is 7. The van der Waals surface area contributed by atoms with Crippen LogP contribution in [0.4, 0.5) is 5.82 Å². The van der Waals surface area contributed by atoms with Crippen LogP contribution in [0.1, 0.15) is 17.3 Å². The predicted molar refractivity (Wildman–Crippen MR) is 117 cm³/mol. The molecule has 0 N–H and O–H groups in total. The van der Waals surface area contributed by atoms with Crippen LogP contribution < -0.4 is 9.64 Å². The fourth-order valence-corrected chi connectivity index (χ4v) is 4.10. The van der Waals surface area contributed by atoms with E-state index in [9.17, 15) is 4.79 Å². The maximum absolute atomic E-state index is 13.5. The van der Waals surface area contributed by atoms with Gasteiger partial charge < -0.3 is 14.5 Å². The quantitative estimate of drug-likeness (QED) is 0.503. The summed E-state index contributed by atoms with van der Waals surface area (Å²) in [5.41, 5.74) is 2.00. The minimum atomic E-state index is -0.00719. The lowest BCUT2D eigenvalue weighted by Crippen LogP contribution is -2.49. The molecule has 0 spiro atoms. The molecule has 4 aromatic rings. The number of amides is 1. The molecule has 158 valence electrons. The van der Waals surface area contributed by atoms with E-state index >= 15 is 0 Å². The molecule has 2 aromatic heterocycles. The number of anilines is 1. The van der Waals surface area contributed by atoms with Crippen molar-refractivity contribution in [1.29, 1.82) is 0 Å². The van der Waals surface area contributed by atoms with Crippen LogP contribution in [0, 0.1) is 0 Å². The standard InChI is InChI=1S/C22H23N7O2/c1-3-31-17-9-8-15-6-4-5-7-16(15)18(17)22(30)29-12-10-28(11-13-29)21-19-20(23-14-24-21)27(2)26-25-19/h4-9,14H,3,10-13H2,1-2H3. The second kappa shape index (κ2) is 7.82. The number of ether oxygens (including phenoxy) is 1. The zero-order valence-corrected chi connectivity index (χ0v) is 17.5. The van der Waals surface area contributed by atoms with Crippen LogP contribution in [0.25, 0.3) is 21.9 Å². The molecule has 0 aliphatic carbocycles. The molecule has 0 saturated carbocycles. The summed E-state index contributed by atoms with van der Waals surface area (Å²) in [7, 11) is 1.81. The maximum atomic E-state index is 13.5. The fourth-order valence-electron chi connectivity index (χ4n) is 4.10.